The molecule has 0 fully saturated rings. The highest BCUT2D eigenvalue weighted by Gasteiger charge is 2.23. The summed E-state index contributed by atoms with van der Waals surface area (Å²) in [6.07, 6.45) is 0.743. The average molecular weight is 273 g/mol. The molecular weight excluding hydrogens is 257 g/mol. The molecule has 0 spiro atoms. The molecule has 104 valence electrons. The molecule has 1 aliphatic heterocycles. The van der Waals surface area contributed by atoms with Crippen molar-refractivity contribution < 1.29 is 14.2 Å². The van der Waals surface area contributed by atoms with Crippen molar-refractivity contribution in [3.8, 4) is 11.5 Å². The average Bonchev–Trinajstić information content (AvgIpc) is 2.42. The molecule has 0 bridgehead atoms. The number of rotatable bonds is 2. The summed E-state index contributed by atoms with van der Waals surface area (Å²) in [7, 11) is 1.97. The predicted molar refractivity (Wildman–Crippen MR) is 75.9 cm³/mol. The van der Waals surface area contributed by atoms with Crippen molar-refractivity contribution >= 4 is 5.69 Å². The lowest BCUT2D eigenvalue weighted by atomic mass is 10.1. The van der Waals surface area contributed by atoms with Crippen molar-refractivity contribution in [3.05, 3.63) is 53.8 Å². The summed E-state index contributed by atoms with van der Waals surface area (Å²) in [5.74, 6) is 0.774. The molecule has 0 aliphatic carbocycles. The number of hydrogen-bond acceptors (Lipinski definition) is 3. The molecule has 1 atom stereocenters. The summed E-state index contributed by atoms with van der Waals surface area (Å²) in [6.45, 7) is 0.730. The zero-order valence-electron chi connectivity index (χ0n) is 11.2. The van der Waals surface area contributed by atoms with Crippen molar-refractivity contribution in [1.82, 2.24) is 0 Å². The van der Waals surface area contributed by atoms with Crippen LogP contribution in [0.25, 0.3) is 0 Å². The highest BCUT2D eigenvalue weighted by atomic mass is 19.1. The van der Waals surface area contributed by atoms with Gasteiger partial charge in [-0.1, -0.05) is 12.1 Å². The number of nitrogens with zero attached hydrogens (tertiary/aromatic N) is 1. The van der Waals surface area contributed by atoms with E-state index in [9.17, 15) is 9.50 Å². The number of fused-ring (bicyclic) bond motifs is 1. The monoisotopic (exact) mass is 273 g/mol. The Morgan fingerprint density at radius 1 is 1.25 bits per heavy atom. The van der Waals surface area contributed by atoms with E-state index >= 15 is 0 Å². The fourth-order valence-corrected chi connectivity index (χ4v) is 2.51. The van der Waals surface area contributed by atoms with E-state index in [0.717, 1.165) is 30.0 Å². The van der Waals surface area contributed by atoms with E-state index < -0.39 is 0 Å². The molecule has 20 heavy (non-hydrogen) atoms. The fourth-order valence-electron chi connectivity index (χ4n) is 2.51. The number of benzene rings is 2. The van der Waals surface area contributed by atoms with Gasteiger partial charge in [-0.3, -0.25) is 0 Å². The van der Waals surface area contributed by atoms with Gasteiger partial charge in [0.2, 0.25) is 0 Å². The van der Waals surface area contributed by atoms with Crippen LogP contribution >= 0.6 is 0 Å². The Balaban J connectivity index is 1.77. The second-order valence-corrected chi connectivity index (χ2v) is 5.10. The van der Waals surface area contributed by atoms with Crippen LogP contribution in [0.1, 0.15) is 5.56 Å². The Morgan fingerprint density at radius 3 is 2.75 bits per heavy atom. The molecule has 1 aliphatic rings. The molecule has 1 heterocycles. The fraction of sp³-hybridized carbons (Fsp3) is 0.250. The first-order valence-electron chi connectivity index (χ1n) is 6.57. The maximum Gasteiger partial charge on any atom is 0.143 e. The number of likely N-dealkylation sites (N-methyl/N-ethyl adjacent to an activating group) is 1. The minimum absolute atomic E-state index is 0.0162. The summed E-state index contributed by atoms with van der Waals surface area (Å²) < 4.78 is 18.8. The van der Waals surface area contributed by atoms with E-state index in [1.807, 2.05) is 7.05 Å². The Kier molecular flexibility index (Phi) is 3.22. The predicted octanol–water partition coefficient (Wildman–Crippen LogP) is 2.97. The topological polar surface area (TPSA) is 32.7 Å². The molecular formula is C16H16FNO2. The first-order valence-corrected chi connectivity index (χ1v) is 6.57. The zero-order chi connectivity index (χ0) is 14.1. The van der Waals surface area contributed by atoms with E-state index in [2.05, 4.69) is 4.90 Å². The first-order chi connectivity index (χ1) is 9.61. The van der Waals surface area contributed by atoms with Crippen molar-refractivity contribution in [3.63, 3.8) is 0 Å². The maximum absolute atomic E-state index is 12.9. The van der Waals surface area contributed by atoms with E-state index in [0.29, 0.717) is 0 Å². The van der Waals surface area contributed by atoms with Gasteiger partial charge in [0, 0.05) is 19.5 Å². The van der Waals surface area contributed by atoms with Gasteiger partial charge in [0.25, 0.3) is 0 Å². The van der Waals surface area contributed by atoms with Crippen LogP contribution in [0.15, 0.2) is 42.5 Å². The first kappa shape index (κ1) is 12.8. The number of phenolic OH excluding ortho intramolecular Hbond substituents is 1. The Bertz CT molecular complexity index is 612. The third-order valence-corrected chi connectivity index (χ3v) is 3.50. The molecule has 2 aromatic rings. The van der Waals surface area contributed by atoms with Crippen molar-refractivity contribution in [1.29, 1.82) is 0 Å². The minimum atomic E-state index is -0.226. The van der Waals surface area contributed by atoms with Crippen molar-refractivity contribution in [2.45, 2.75) is 12.5 Å². The van der Waals surface area contributed by atoms with Crippen LogP contribution in [0.4, 0.5) is 10.1 Å². The molecule has 2 aromatic carbocycles. The molecule has 0 saturated carbocycles. The SMILES string of the molecule is CN1CC(Cc2ccc(F)cc2)Oc2ccc(O)cc21. The largest absolute Gasteiger partial charge is 0.508 e. The van der Waals surface area contributed by atoms with E-state index in [4.69, 9.17) is 4.74 Å². The summed E-state index contributed by atoms with van der Waals surface area (Å²) in [5.41, 5.74) is 1.94. The smallest absolute Gasteiger partial charge is 0.143 e. The van der Waals surface area contributed by atoms with Gasteiger partial charge in [-0.25, -0.2) is 4.39 Å². The van der Waals surface area contributed by atoms with Gasteiger partial charge in [-0.15, -0.1) is 0 Å². The van der Waals surface area contributed by atoms with Gasteiger partial charge in [0.1, 0.15) is 23.4 Å². The lowest BCUT2D eigenvalue weighted by Crippen LogP contribution is -2.38. The molecule has 4 heteroatoms. The molecule has 0 saturated heterocycles. The van der Waals surface area contributed by atoms with Crippen LogP contribution in [0.3, 0.4) is 0 Å². The van der Waals surface area contributed by atoms with Gasteiger partial charge in [-0.2, -0.15) is 0 Å². The maximum atomic E-state index is 12.9. The third-order valence-electron chi connectivity index (χ3n) is 3.50. The Labute approximate surface area is 117 Å². The molecule has 3 nitrogen and oxygen atoms in total. The minimum Gasteiger partial charge on any atom is -0.508 e. The van der Waals surface area contributed by atoms with E-state index in [1.54, 1.807) is 30.3 Å². The highest BCUT2D eigenvalue weighted by molar-refractivity contribution is 5.62. The Morgan fingerprint density at radius 2 is 2.00 bits per heavy atom. The second kappa shape index (κ2) is 5.04. The van der Waals surface area contributed by atoms with Crippen LogP contribution in [0, 0.1) is 5.82 Å². The van der Waals surface area contributed by atoms with Gasteiger partial charge in [0.05, 0.1) is 12.2 Å². The normalized spacial score (nSPS) is 17.5. The molecule has 1 unspecified atom stereocenters. The Hall–Kier alpha value is -2.23. The van der Waals surface area contributed by atoms with E-state index in [-0.39, 0.29) is 17.7 Å². The number of halogens is 1. The summed E-state index contributed by atoms with van der Waals surface area (Å²) in [6, 6.07) is 11.6. The highest BCUT2D eigenvalue weighted by Crippen LogP contribution is 2.35. The van der Waals surface area contributed by atoms with Gasteiger partial charge >= 0.3 is 0 Å². The van der Waals surface area contributed by atoms with Crippen LogP contribution in [0.5, 0.6) is 11.5 Å². The molecule has 0 radical (unpaired) electrons. The van der Waals surface area contributed by atoms with E-state index in [1.165, 1.54) is 12.1 Å². The van der Waals surface area contributed by atoms with Gasteiger partial charge < -0.3 is 14.7 Å². The lowest BCUT2D eigenvalue weighted by molar-refractivity contribution is 0.196. The third kappa shape index (κ3) is 2.54. The second-order valence-electron chi connectivity index (χ2n) is 5.10. The number of anilines is 1. The standard InChI is InChI=1S/C16H16FNO2/c1-18-10-14(8-11-2-4-12(17)5-3-11)20-16-7-6-13(19)9-15(16)18/h2-7,9,14,19H,8,10H2,1H3. The summed E-state index contributed by atoms with van der Waals surface area (Å²) >= 11 is 0. The summed E-state index contributed by atoms with van der Waals surface area (Å²) in [5, 5.41) is 9.52. The summed E-state index contributed by atoms with van der Waals surface area (Å²) in [4.78, 5) is 2.06. The van der Waals surface area contributed by atoms with Crippen molar-refractivity contribution in [2.24, 2.45) is 0 Å². The number of ether oxygens (including phenoxy) is 1. The molecule has 3 rings (SSSR count). The number of phenols is 1. The zero-order valence-corrected chi connectivity index (χ0v) is 11.2. The van der Waals surface area contributed by atoms with Crippen LogP contribution < -0.4 is 9.64 Å². The molecule has 1 N–H and O–H groups in total. The molecule has 0 amide bonds. The quantitative estimate of drug-likeness (QED) is 0.913. The van der Waals surface area contributed by atoms with Crippen LogP contribution in [-0.2, 0) is 6.42 Å². The van der Waals surface area contributed by atoms with Gasteiger partial charge in [0.15, 0.2) is 0 Å². The number of aromatic hydroxyl groups is 1. The van der Waals surface area contributed by atoms with Crippen molar-refractivity contribution in [2.75, 3.05) is 18.5 Å². The van der Waals surface area contributed by atoms with Crippen LogP contribution in [0.2, 0.25) is 0 Å². The van der Waals surface area contributed by atoms with Gasteiger partial charge in [-0.05, 0) is 29.8 Å². The lowest BCUT2D eigenvalue weighted by Gasteiger charge is -2.34. The van der Waals surface area contributed by atoms with Crippen LogP contribution in [-0.4, -0.2) is 24.8 Å². The molecule has 0 aromatic heterocycles. The number of hydrogen-bond donors (Lipinski definition) is 1.